The van der Waals surface area contributed by atoms with E-state index in [9.17, 15) is 0 Å². The van der Waals surface area contributed by atoms with E-state index in [4.69, 9.17) is 9.97 Å². The Kier molecular flexibility index (Phi) is 5.97. The Balaban J connectivity index is 1.21. The third kappa shape index (κ3) is 4.02. The molecule has 0 saturated carbocycles. The number of hydrogen-bond donors (Lipinski definition) is 0. The van der Waals surface area contributed by atoms with Crippen LogP contribution in [0, 0.1) is 0 Å². The number of rotatable bonds is 4. The molecule has 0 unspecified atom stereocenters. The lowest BCUT2D eigenvalue weighted by Gasteiger charge is -2.17. The van der Waals surface area contributed by atoms with E-state index >= 15 is 0 Å². The Bertz CT molecular complexity index is 2730. The summed E-state index contributed by atoms with van der Waals surface area (Å²) in [5, 5.41) is 4.75. The van der Waals surface area contributed by atoms with Crippen molar-refractivity contribution in [2.75, 3.05) is 0 Å². The van der Waals surface area contributed by atoms with Gasteiger partial charge in [0.1, 0.15) is 0 Å². The highest BCUT2D eigenvalue weighted by Gasteiger charge is 2.22. The maximum absolute atomic E-state index is 5.41. The van der Waals surface area contributed by atoms with Gasteiger partial charge in [-0.2, -0.15) is 0 Å². The molecule has 4 heteroatoms. The summed E-state index contributed by atoms with van der Waals surface area (Å²) in [6.07, 6.45) is 6.70. The highest BCUT2D eigenvalue weighted by atomic mass is 15.0. The molecule has 0 atom stereocenters. The normalized spacial score (nSPS) is 12.8. The van der Waals surface area contributed by atoms with E-state index in [1.54, 1.807) is 0 Å². The van der Waals surface area contributed by atoms with E-state index in [1.165, 1.54) is 38.4 Å². The molecule has 0 aliphatic heterocycles. The minimum Gasteiger partial charge on any atom is -0.309 e. The van der Waals surface area contributed by atoms with Crippen LogP contribution in [0.3, 0.4) is 0 Å². The number of aryl methyl sites for hydroxylation is 1. The van der Waals surface area contributed by atoms with E-state index < -0.39 is 0 Å². The first-order valence-electron chi connectivity index (χ1n) is 16.6. The molecule has 3 heterocycles. The van der Waals surface area contributed by atoms with Gasteiger partial charge in [-0.05, 0) is 79.1 Å². The summed E-state index contributed by atoms with van der Waals surface area (Å²) in [5.74, 6) is 0.719. The molecule has 0 fully saturated rings. The van der Waals surface area contributed by atoms with Crippen LogP contribution >= 0.6 is 0 Å². The zero-order chi connectivity index (χ0) is 31.6. The van der Waals surface area contributed by atoms with Crippen molar-refractivity contribution < 1.29 is 0 Å². The number of hydrogen-bond acceptors (Lipinski definition) is 2. The van der Waals surface area contributed by atoms with E-state index in [-0.39, 0.29) is 0 Å². The van der Waals surface area contributed by atoms with Gasteiger partial charge in [-0.25, -0.2) is 9.97 Å². The van der Waals surface area contributed by atoms with Crippen LogP contribution in [0.25, 0.3) is 83.7 Å². The molecule has 0 bridgehead atoms. The van der Waals surface area contributed by atoms with Gasteiger partial charge >= 0.3 is 0 Å². The maximum Gasteiger partial charge on any atom is 0.160 e. The largest absolute Gasteiger partial charge is 0.309 e. The Morgan fingerprint density at radius 3 is 2.08 bits per heavy atom. The molecule has 0 N–H and O–H groups in total. The van der Waals surface area contributed by atoms with Gasteiger partial charge in [0.15, 0.2) is 5.82 Å². The fourth-order valence-electron chi connectivity index (χ4n) is 7.69. The number of nitrogens with zero attached hydrogens (tertiary/aromatic N) is 4. The van der Waals surface area contributed by atoms with Crippen LogP contribution in [0.1, 0.15) is 17.7 Å². The molecule has 48 heavy (non-hydrogen) atoms. The van der Waals surface area contributed by atoms with Crippen LogP contribution in [-0.4, -0.2) is 19.1 Å². The highest BCUT2D eigenvalue weighted by Crippen LogP contribution is 2.40. The van der Waals surface area contributed by atoms with Gasteiger partial charge in [0.05, 0.1) is 33.4 Å². The lowest BCUT2D eigenvalue weighted by atomic mass is 10.0. The minimum atomic E-state index is 0.719. The Morgan fingerprint density at radius 2 is 1.21 bits per heavy atom. The molecule has 226 valence electrons. The summed E-state index contributed by atoms with van der Waals surface area (Å²) in [4.78, 5) is 10.6. The van der Waals surface area contributed by atoms with Gasteiger partial charge in [-0.3, -0.25) is 0 Å². The van der Waals surface area contributed by atoms with Gasteiger partial charge in [-0.15, -0.1) is 0 Å². The summed E-state index contributed by atoms with van der Waals surface area (Å²) in [6, 6.07) is 51.7. The number of benzene rings is 6. The lowest BCUT2D eigenvalue weighted by Crippen LogP contribution is -2.03. The summed E-state index contributed by atoms with van der Waals surface area (Å²) in [7, 11) is 0. The second kappa shape index (κ2) is 10.6. The van der Waals surface area contributed by atoms with Crippen molar-refractivity contribution in [2.24, 2.45) is 0 Å². The second-order valence-electron chi connectivity index (χ2n) is 12.5. The van der Waals surface area contributed by atoms with Crippen LogP contribution in [0.5, 0.6) is 0 Å². The standard InChI is InChI=1S/C44H30N4/c1-2-14-30(15-3-1)47-38-22-10-7-18-33(38)36-28-29(26-27-42(36)47)44-45-37-21-9-4-19-34(37)43(46-44)35-20-8-13-25-41(35)48-39-23-11-5-16-31(39)32-17-6-12-24-40(32)48/h1-5,7-16,18-28H,6,17H2. The van der Waals surface area contributed by atoms with Crippen molar-refractivity contribution in [2.45, 2.75) is 12.8 Å². The molecule has 0 amide bonds. The van der Waals surface area contributed by atoms with Gasteiger partial charge in [0.25, 0.3) is 0 Å². The molecular weight excluding hydrogens is 585 g/mol. The van der Waals surface area contributed by atoms with Gasteiger partial charge in [-0.1, -0.05) is 97.1 Å². The van der Waals surface area contributed by atoms with Gasteiger partial charge in [0.2, 0.25) is 0 Å². The van der Waals surface area contributed by atoms with Crippen molar-refractivity contribution in [1.82, 2.24) is 19.1 Å². The van der Waals surface area contributed by atoms with Crippen molar-refractivity contribution in [1.29, 1.82) is 0 Å². The summed E-state index contributed by atoms with van der Waals surface area (Å²) < 4.78 is 4.77. The summed E-state index contributed by atoms with van der Waals surface area (Å²) >= 11 is 0. The zero-order valence-electron chi connectivity index (χ0n) is 26.2. The Labute approximate surface area is 277 Å². The molecular formula is C44H30N4. The first kappa shape index (κ1) is 26.9. The van der Waals surface area contributed by atoms with Crippen LogP contribution in [0.2, 0.25) is 0 Å². The quantitative estimate of drug-likeness (QED) is 0.198. The molecule has 10 rings (SSSR count). The fourth-order valence-corrected chi connectivity index (χ4v) is 7.69. The van der Waals surface area contributed by atoms with E-state index in [1.807, 2.05) is 0 Å². The monoisotopic (exact) mass is 614 g/mol. The van der Waals surface area contributed by atoms with Crippen molar-refractivity contribution in [3.63, 3.8) is 0 Å². The number of fused-ring (bicyclic) bond motifs is 7. The number of aromatic nitrogens is 4. The average Bonchev–Trinajstić information content (AvgIpc) is 3.67. The SMILES string of the molecule is C1=Cc2c(c3ccccc3n2-c2ccccc2-c2nc(-c3ccc4c(c3)c3ccccc3n4-c3ccccc3)nc3ccccc23)CC1. The van der Waals surface area contributed by atoms with E-state index in [0.717, 1.165) is 63.3 Å². The first-order chi connectivity index (χ1) is 23.8. The molecule has 0 spiro atoms. The molecule has 1 aliphatic carbocycles. The number of allylic oxidation sites excluding steroid dienone is 1. The molecule has 0 saturated heterocycles. The van der Waals surface area contributed by atoms with Crippen molar-refractivity contribution in [3.05, 3.63) is 163 Å². The van der Waals surface area contributed by atoms with Gasteiger partial charge < -0.3 is 9.13 Å². The Morgan fingerprint density at radius 1 is 0.521 bits per heavy atom. The molecule has 6 aromatic carbocycles. The summed E-state index contributed by atoms with van der Waals surface area (Å²) in [5.41, 5.74) is 12.5. The molecule has 3 aromatic heterocycles. The molecule has 9 aromatic rings. The maximum atomic E-state index is 5.41. The lowest BCUT2D eigenvalue weighted by molar-refractivity contribution is 0.968. The third-order valence-electron chi connectivity index (χ3n) is 9.81. The number of para-hydroxylation sites is 5. The predicted octanol–water partition coefficient (Wildman–Crippen LogP) is 11.0. The predicted molar refractivity (Wildman–Crippen MR) is 199 cm³/mol. The fraction of sp³-hybridized carbons (Fsp3) is 0.0455. The Hall–Kier alpha value is -6.26. The molecule has 1 aliphatic rings. The average molecular weight is 615 g/mol. The topological polar surface area (TPSA) is 35.6 Å². The summed E-state index contributed by atoms with van der Waals surface area (Å²) in [6.45, 7) is 0. The van der Waals surface area contributed by atoms with E-state index in [0.29, 0.717) is 0 Å². The van der Waals surface area contributed by atoms with E-state index in [2.05, 4.69) is 167 Å². The smallest absolute Gasteiger partial charge is 0.160 e. The van der Waals surface area contributed by atoms with Gasteiger partial charge in [0, 0.05) is 44.1 Å². The van der Waals surface area contributed by atoms with Crippen LogP contribution in [0.4, 0.5) is 0 Å². The van der Waals surface area contributed by atoms with Crippen molar-refractivity contribution >= 4 is 49.7 Å². The van der Waals surface area contributed by atoms with Crippen LogP contribution in [0.15, 0.2) is 152 Å². The minimum absolute atomic E-state index is 0.719. The van der Waals surface area contributed by atoms with Crippen LogP contribution in [-0.2, 0) is 6.42 Å². The first-order valence-corrected chi connectivity index (χ1v) is 16.6. The highest BCUT2D eigenvalue weighted by molar-refractivity contribution is 6.10. The second-order valence-corrected chi connectivity index (χ2v) is 12.5. The van der Waals surface area contributed by atoms with Crippen LogP contribution < -0.4 is 0 Å². The zero-order valence-corrected chi connectivity index (χ0v) is 26.2. The molecule has 0 radical (unpaired) electrons. The molecule has 4 nitrogen and oxygen atoms in total. The van der Waals surface area contributed by atoms with Crippen molar-refractivity contribution in [3.8, 4) is 34.0 Å². The third-order valence-corrected chi connectivity index (χ3v) is 9.81.